The van der Waals surface area contributed by atoms with Crippen LogP contribution >= 0.6 is 0 Å². The number of ether oxygens (including phenoxy) is 3. The van der Waals surface area contributed by atoms with Crippen molar-refractivity contribution in [3.63, 3.8) is 0 Å². The Morgan fingerprint density at radius 3 is 2.34 bits per heavy atom. The van der Waals surface area contributed by atoms with E-state index in [-0.39, 0.29) is 25.8 Å². The fourth-order valence-corrected chi connectivity index (χ4v) is 2.59. The van der Waals surface area contributed by atoms with Gasteiger partial charge >= 0.3 is 6.09 Å². The molecule has 0 saturated heterocycles. The molecule has 1 aromatic rings. The third-order valence-electron chi connectivity index (χ3n) is 4.01. The fourth-order valence-electron chi connectivity index (χ4n) is 2.59. The van der Waals surface area contributed by atoms with Gasteiger partial charge in [-0.2, -0.15) is 0 Å². The number of benzene rings is 1. The van der Waals surface area contributed by atoms with E-state index < -0.39 is 17.8 Å². The number of amides is 1. The first kappa shape index (κ1) is 25.2. The van der Waals surface area contributed by atoms with Crippen LogP contribution in [0.5, 0.6) is 5.75 Å². The van der Waals surface area contributed by atoms with Crippen molar-refractivity contribution in [3.8, 4) is 5.75 Å². The highest BCUT2D eigenvalue weighted by atomic mass is 16.6. The van der Waals surface area contributed by atoms with Crippen LogP contribution in [0.4, 0.5) is 4.79 Å². The lowest BCUT2D eigenvalue weighted by Gasteiger charge is -2.31. The van der Waals surface area contributed by atoms with Crippen molar-refractivity contribution in [2.24, 2.45) is 0 Å². The van der Waals surface area contributed by atoms with E-state index in [9.17, 15) is 9.90 Å². The lowest BCUT2D eigenvalue weighted by Crippen LogP contribution is -2.46. The summed E-state index contributed by atoms with van der Waals surface area (Å²) in [5, 5.41) is 19.0. The van der Waals surface area contributed by atoms with Gasteiger partial charge in [0.15, 0.2) is 0 Å². The van der Waals surface area contributed by atoms with Crippen LogP contribution in [0.25, 0.3) is 0 Å². The third-order valence-corrected chi connectivity index (χ3v) is 4.01. The Balaban J connectivity index is 2.44. The average molecular weight is 412 g/mol. The van der Waals surface area contributed by atoms with Crippen molar-refractivity contribution in [2.45, 2.75) is 65.2 Å². The van der Waals surface area contributed by atoms with Crippen molar-refractivity contribution in [1.29, 1.82) is 0 Å². The molecular formula is C22H37NO6. The zero-order chi connectivity index (χ0) is 21.9. The number of hydrogen-bond donors (Lipinski definition) is 2. The van der Waals surface area contributed by atoms with Crippen molar-refractivity contribution in [2.75, 3.05) is 33.0 Å². The average Bonchev–Trinajstić information content (AvgIpc) is 2.63. The molecule has 0 saturated carbocycles. The molecule has 29 heavy (non-hydrogen) atoms. The quantitative estimate of drug-likeness (QED) is 0.514. The predicted octanol–water partition coefficient (Wildman–Crippen LogP) is 3.01. The molecule has 0 aliphatic heterocycles. The van der Waals surface area contributed by atoms with E-state index in [1.54, 1.807) is 0 Å². The normalized spacial score (nSPS) is 12.7. The van der Waals surface area contributed by atoms with Crippen LogP contribution in [0.3, 0.4) is 0 Å². The number of hydrogen-bond acceptors (Lipinski definition) is 6. The van der Waals surface area contributed by atoms with Crippen LogP contribution < -0.4 is 4.74 Å². The Kier molecular flexibility index (Phi) is 11.0. The molecule has 0 aromatic heterocycles. The van der Waals surface area contributed by atoms with Gasteiger partial charge in [-0.15, -0.1) is 0 Å². The Labute approximate surface area is 174 Å². The molecule has 0 aliphatic carbocycles. The second-order valence-electron chi connectivity index (χ2n) is 8.27. The molecule has 0 fully saturated rings. The summed E-state index contributed by atoms with van der Waals surface area (Å²) in [5.74, 6) is 0.665. The maximum Gasteiger partial charge on any atom is 0.410 e. The van der Waals surface area contributed by atoms with Gasteiger partial charge in [0.05, 0.1) is 19.8 Å². The van der Waals surface area contributed by atoms with Gasteiger partial charge in [0.1, 0.15) is 24.1 Å². The summed E-state index contributed by atoms with van der Waals surface area (Å²) in [6.45, 7) is 10.5. The lowest BCUT2D eigenvalue weighted by atomic mass is 10.1. The summed E-state index contributed by atoms with van der Waals surface area (Å²) in [4.78, 5) is 13.8. The molecule has 1 aromatic carbocycles. The topological polar surface area (TPSA) is 88.5 Å². The van der Waals surface area contributed by atoms with Crippen LogP contribution in [0.2, 0.25) is 0 Å². The minimum atomic E-state index is -0.826. The molecule has 7 nitrogen and oxygen atoms in total. The van der Waals surface area contributed by atoms with Crippen molar-refractivity contribution in [1.82, 2.24) is 4.90 Å². The molecule has 1 unspecified atom stereocenters. The molecule has 2 N–H and O–H groups in total. The number of carbonyl (C=O) groups excluding carboxylic acids is 1. The smallest absolute Gasteiger partial charge is 0.410 e. The minimum absolute atomic E-state index is 0.0462. The van der Waals surface area contributed by atoms with Crippen LogP contribution in [0, 0.1) is 0 Å². The molecule has 0 spiro atoms. The third kappa shape index (κ3) is 11.1. The molecule has 1 rings (SSSR count). The first-order chi connectivity index (χ1) is 13.6. The minimum Gasteiger partial charge on any atom is -0.491 e. The van der Waals surface area contributed by atoms with Crippen molar-refractivity contribution < 1.29 is 29.2 Å². The second-order valence-corrected chi connectivity index (χ2v) is 8.27. The molecule has 0 bridgehead atoms. The molecule has 1 amide bonds. The van der Waals surface area contributed by atoms with E-state index in [0.717, 1.165) is 12.8 Å². The molecular weight excluding hydrogens is 374 g/mol. The SMILES string of the molecule is CC(C)N(CC(O)COc1ccc(CCCOCCO)cc1)C(=O)OC(C)(C)C. The van der Waals surface area contributed by atoms with Gasteiger partial charge in [0, 0.05) is 12.6 Å². The monoisotopic (exact) mass is 411 g/mol. The summed E-state index contributed by atoms with van der Waals surface area (Å²) in [6.07, 6.45) is 0.495. The van der Waals surface area contributed by atoms with Gasteiger partial charge in [0.2, 0.25) is 0 Å². The Bertz CT molecular complexity index is 582. The number of nitrogens with zero attached hydrogens (tertiary/aromatic N) is 1. The standard InChI is InChI=1S/C22H37NO6/c1-17(2)23(21(26)29-22(3,4)5)15-19(25)16-28-20-10-8-18(9-11-20)7-6-13-27-14-12-24/h8-11,17,19,24-25H,6-7,12-16H2,1-5H3. The van der Waals surface area contributed by atoms with Crippen LogP contribution in [0.15, 0.2) is 24.3 Å². The fraction of sp³-hybridized carbons (Fsp3) is 0.682. The van der Waals surface area contributed by atoms with Crippen LogP contribution in [-0.2, 0) is 15.9 Å². The molecule has 1 atom stereocenters. The Morgan fingerprint density at radius 2 is 1.79 bits per heavy atom. The van der Waals surface area contributed by atoms with Gasteiger partial charge in [-0.3, -0.25) is 0 Å². The zero-order valence-electron chi connectivity index (χ0n) is 18.4. The Hall–Kier alpha value is -1.83. The van der Waals surface area contributed by atoms with Gasteiger partial charge in [-0.1, -0.05) is 12.1 Å². The van der Waals surface area contributed by atoms with Crippen molar-refractivity contribution >= 4 is 6.09 Å². The van der Waals surface area contributed by atoms with Crippen LogP contribution in [0.1, 0.15) is 46.6 Å². The first-order valence-corrected chi connectivity index (χ1v) is 10.2. The summed E-state index contributed by atoms with van der Waals surface area (Å²) in [5.41, 5.74) is 0.583. The number of rotatable bonds is 12. The molecule has 166 valence electrons. The predicted molar refractivity (Wildman–Crippen MR) is 112 cm³/mol. The summed E-state index contributed by atoms with van der Waals surface area (Å²) >= 11 is 0. The van der Waals surface area contributed by atoms with Gasteiger partial charge in [0.25, 0.3) is 0 Å². The number of carbonyl (C=O) groups is 1. The maximum absolute atomic E-state index is 12.3. The van der Waals surface area contributed by atoms with Crippen LogP contribution in [-0.4, -0.2) is 71.9 Å². The van der Waals surface area contributed by atoms with Gasteiger partial charge < -0.3 is 29.3 Å². The lowest BCUT2D eigenvalue weighted by molar-refractivity contribution is 0.00188. The van der Waals surface area contributed by atoms with E-state index in [1.165, 1.54) is 10.5 Å². The van der Waals surface area contributed by atoms with Gasteiger partial charge in [-0.05, 0) is 65.2 Å². The molecule has 0 aliphatic rings. The summed E-state index contributed by atoms with van der Waals surface area (Å²) in [6, 6.07) is 7.60. The van der Waals surface area contributed by atoms with Crippen molar-refractivity contribution in [3.05, 3.63) is 29.8 Å². The highest BCUT2D eigenvalue weighted by Gasteiger charge is 2.26. The number of aliphatic hydroxyl groups is 2. The van der Waals surface area contributed by atoms with E-state index in [2.05, 4.69) is 0 Å². The first-order valence-electron chi connectivity index (χ1n) is 10.2. The second kappa shape index (κ2) is 12.7. The maximum atomic E-state index is 12.3. The van der Waals surface area contributed by atoms with Gasteiger partial charge in [-0.25, -0.2) is 4.79 Å². The van der Waals surface area contributed by atoms with E-state index in [4.69, 9.17) is 19.3 Å². The highest BCUT2D eigenvalue weighted by Crippen LogP contribution is 2.15. The molecule has 0 radical (unpaired) electrons. The largest absolute Gasteiger partial charge is 0.491 e. The highest BCUT2D eigenvalue weighted by molar-refractivity contribution is 5.68. The number of aliphatic hydroxyl groups excluding tert-OH is 2. The summed E-state index contributed by atoms with van der Waals surface area (Å²) in [7, 11) is 0. The zero-order valence-corrected chi connectivity index (χ0v) is 18.4. The summed E-state index contributed by atoms with van der Waals surface area (Å²) < 4.78 is 16.3. The van der Waals surface area contributed by atoms with E-state index in [0.29, 0.717) is 19.0 Å². The molecule has 0 heterocycles. The number of aryl methyl sites for hydroxylation is 1. The van der Waals surface area contributed by atoms with E-state index in [1.807, 2.05) is 58.9 Å². The molecule has 7 heteroatoms. The van der Waals surface area contributed by atoms with E-state index >= 15 is 0 Å². The Morgan fingerprint density at radius 1 is 1.14 bits per heavy atom.